The topological polar surface area (TPSA) is 62.8 Å². The summed E-state index contributed by atoms with van der Waals surface area (Å²) in [4.78, 5) is 16.1. The van der Waals surface area contributed by atoms with E-state index in [1.807, 2.05) is 42.5 Å². The highest BCUT2D eigenvalue weighted by Crippen LogP contribution is 2.28. The van der Waals surface area contributed by atoms with Gasteiger partial charge in [-0.25, -0.2) is 4.79 Å². The van der Waals surface area contributed by atoms with Crippen molar-refractivity contribution in [3.63, 3.8) is 0 Å². The Morgan fingerprint density at radius 3 is 2.54 bits per heavy atom. The predicted molar refractivity (Wildman–Crippen MR) is 95.4 cm³/mol. The van der Waals surface area contributed by atoms with E-state index in [1.54, 1.807) is 24.4 Å². The van der Waals surface area contributed by atoms with E-state index in [4.69, 9.17) is 4.42 Å². The second-order valence-electron chi connectivity index (χ2n) is 5.42. The van der Waals surface area contributed by atoms with Crippen LogP contribution in [-0.4, -0.2) is 11.3 Å². The summed E-state index contributed by atoms with van der Waals surface area (Å²) in [5.41, 5.74) is 1.15. The molecule has 0 unspecified atom stereocenters. The van der Waals surface area contributed by atoms with Crippen molar-refractivity contribution in [2.24, 2.45) is 4.99 Å². The Morgan fingerprint density at radius 1 is 0.917 bits per heavy atom. The summed E-state index contributed by atoms with van der Waals surface area (Å²) in [6.07, 6.45) is 1.58. The van der Waals surface area contributed by atoms with E-state index in [-0.39, 0.29) is 5.75 Å². The average molecular weight is 315 g/mol. The minimum Gasteiger partial charge on any atom is -0.507 e. The minimum atomic E-state index is -0.456. The molecule has 3 aromatic carbocycles. The summed E-state index contributed by atoms with van der Waals surface area (Å²) in [5, 5.41) is 12.8. The van der Waals surface area contributed by atoms with Crippen LogP contribution in [0.25, 0.3) is 21.7 Å². The number of benzene rings is 3. The van der Waals surface area contributed by atoms with Crippen molar-refractivity contribution in [1.29, 1.82) is 0 Å². The van der Waals surface area contributed by atoms with Gasteiger partial charge in [0.15, 0.2) is 0 Å². The first-order valence-corrected chi connectivity index (χ1v) is 7.50. The maximum absolute atomic E-state index is 11.7. The fourth-order valence-electron chi connectivity index (χ4n) is 2.76. The van der Waals surface area contributed by atoms with Crippen molar-refractivity contribution in [1.82, 2.24) is 0 Å². The zero-order valence-electron chi connectivity index (χ0n) is 12.6. The Labute approximate surface area is 137 Å². The Balaban J connectivity index is 1.91. The number of rotatable bonds is 2. The summed E-state index contributed by atoms with van der Waals surface area (Å²) in [7, 11) is 0. The van der Waals surface area contributed by atoms with Crippen molar-refractivity contribution in [2.45, 2.75) is 0 Å². The molecular weight excluding hydrogens is 302 g/mol. The summed E-state index contributed by atoms with van der Waals surface area (Å²) in [5.74, 6) is 0.143. The molecule has 0 saturated heterocycles. The lowest BCUT2D eigenvalue weighted by atomic mass is 10.0. The fourth-order valence-corrected chi connectivity index (χ4v) is 2.76. The maximum Gasteiger partial charge on any atom is 0.338 e. The zero-order valence-corrected chi connectivity index (χ0v) is 12.6. The molecule has 4 aromatic rings. The number of hydrogen-bond acceptors (Lipinski definition) is 4. The first-order chi connectivity index (χ1) is 11.7. The number of phenols is 1. The Kier molecular flexibility index (Phi) is 3.35. The van der Waals surface area contributed by atoms with Gasteiger partial charge < -0.3 is 9.52 Å². The van der Waals surface area contributed by atoms with Crippen molar-refractivity contribution in [3.8, 4) is 5.75 Å². The van der Waals surface area contributed by atoms with Crippen LogP contribution >= 0.6 is 0 Å². The third-order valence-electron chi connectivity index (χ3n) is 3.91. The number of phenolic OH excluding ortho intramolecular Hbond substituents is 1. The van der Waals surface area contributed by atoms with Crippen LogP contribution in [0.1, 0.15) is 5.56 Å². The van der Waals surface area contributed by atoms with Gasteiger partial charge in [-0.05, 0) is 29.0 Å². The van der Waals surface area contributed by atoms with Gasteiger partial charge in [0.1, 0.15) is 11.3 Å². The van der Waals surface area contributed by atoms with E-state index in [0.717, 1.165) is 16.2 Å². The van der Waals surface area contributed by atoms with E-state index in [9.17, 15) is 9.90 Å². The first-order valence-electron chi connectivity index (χ1n) is 7.50. The molecule has 0 fully saturated rings. The highest BCUT2D eigenvalue weighted by atomic mass is 16.4. The molecule has 0 amide bonds. The summed E-state index contributed by atoms with van der Waals surface area (Å²) >= 11 is 0. The van der Waals surface area contributed by atoms with E-state index >= 15 is 0 Å². The molecule has 0 radical (unpaired) electrons. The molecule has 4 rings (SSSR count). The van der Waals surface area contributed by atoms with Crippen LogP contribution < -0.4 is 5.63 Å². The molecule has 0 aliphatic carbocycles. The predicted octanol–water partition coefficient (Wildman–Crippen LogP) is 4.40. The van der Waals surface area contributed by atoms with Crippen LogP contribution in [0.15, 0.2) is 80.9 Å². The SMILES string of the molecule is O=c1cc(N=Cc2c(O)ccc3ccccc23)c2ccccc2o1. The molecule has 0 bridgehead atoms. The third kappa shape index (κ3) is 2.44. The quantitative estimate of drug-likeness (QED) is 0.440. The van der Waals surface area contributed by atoms with Gasteiger partial charge in [0.25, 0.3) is 0 Å². The molecule has 0 saturated carbocycles. The number of fused-ring (bicyclic) bond motifs is 2. The van der Waals surface area contributed by atoms with Crippen LogP contribution in [0.3, 0.4) is 0 Å². The van der Waals surface area contributed by atoms with Crippen LogP contribution in [0.2, 0.25) is 0 Å². The second kappa shape index (κ2) is 5.66. The Hall–Kier alpha value is -3.40. The average Bonchev–Trinajstić information content (AvgIpc) is 2.60. The molecule has 0 spiro atoms. The Bertz CT molecular complexity index is 1140. The summed E-state index contributed by atoms with van der Waals surface area (Å²) in [6.45, 7) is 0. The molecule has 0 aliphatic rings. The van der Waals surface area contributed by atoms with Crippen molar-refractivity contribution in [2.75, 3.05) is 0 Å². The maximum atomic E-state index is 11.7. The molecule has 24 heavy (non-hydrogen) atoms. The standard InChI is InChI=1S/C20H13NO3/c22-18-10-9-13-5-1-2-6-14(13)16(18)12-21-17-11-20(23)24-19-8-4-3-7-15(17)19/h1-12,22H. The van der Waals surface area contributed by atoms with Gasteiger partial charge in [0.05, 0.1) is 11.8 Å². The molecule has 0 atom stereocenters. The Morgan fingerprint density at radius 2 is 1.67 bits per heavy atom. The van der Waals surface area contributed by atoms with E-state index in [0.29, 0.717) is 16.8 Å². The van der Waals surface area contributed by atoms with E-state index < -0.39 is 5.63 Å². The van der Waals surface area contributed by atoms with E-state index in [2.05, 4.69) is 4.99 Å². The highest BCUT2D eigenvalue weighted by Gasteiger charge is 2.06. The van der Waals surface area contributed by atoms with E-state index in [1.165, 1.54) is 6.07 Å². The van der Waals surface area contributed by atoms with Crippen LogP contribution in [-0.2, 0) is 0 Å². The summed E-state index contributed by atoms with van der Waals surface area (Å²) < 4.78 is 5.17. The minimum absolute atomic E-state index is 0.143. The first kappa shape index (κ1) is 14.2. The molecular formula is C20H13NO3. The monoisotopic (exact) mass is 315 g/mol. The normalized spacial score (nSPS) is 11.5. The van der Waals surface area contributed by atoms with Crippen LogP contribution in [0.4, 0.5) is 5.69 Å². The largest absolute Gasteiger partial charge is 0.507 e. The van der Waals surface area contributed by atoms with Gasteiger partial charge in [-0.15, -0.1) is 0 Å². The fraction of sp³-hybridized carbons (Fsp3) is 0. The van der Waals surface area contributed by atoms with Gasteiger partial charge in [-0.3, -0.25) is 4.99 Å². The number of para-hydroxylation sites is 1. The second-order valence-corrected chi connectivity index (χ2v) is 5.42. The van der Waals surface area contributed by atoms with Gasteiger partial charge in [-0.2, -0.15) is 0 Å². The number of hydrogen-bond donors (Lipinski definition) is 1. The molecule has 116 valence electrons. The van der Waals surface area contributed by atoms with Gasteiger partial charge in [0, 0.05) is 17.2 Å². The molecule has 1 aromatic heterocycles. The van der Waals surface area contributed by atoms with Gasteiger partial charge in [0.2, 0.25) is 0 Å². The van der Waals surface area contributed by atoms with Crippen molar-refractivity contribution >= 4 is 33.6 Å². The number of aromatic hydroxyl groups is 1. The number of aliphatic imine (C=N–C) groups is 1. The molecule has 0 aliphatic heterocycles. The zero-order chi connectivity index (χ0) is 16.5. The van der Waals surface area contributed by atoms with Gasteiger partial charge >= 0.3 is 5.63 Å². The van der Waals surface area contributed by atoms with Crippen LogP contribution in [0.5, 0.6) is 5.75 Å². The molecule has 4 heteroatoms. The number of nitrogens with zero attached hydrogens (tertiary/aromatic N) is 1. The molecule has 1 N–H and O–H groups in total. The molecule has 1 heterocycles. The van der Waals surface area contributed by atoms with Gasteiger partial charge in [-0.1, -0.05) is 42.5 Å². The third-order valence-corrected chi connectivity index (χ3v) is 3.91. The van der Waals surface area contributed by atoms with Crippen LogP contribution in [0, 0.1) is 0 Å². The molecule has 4 nitrogen and oxygen atoms in total. The van der Waals surface area contributed by atoms with Crippen molar-refractivity contribution in [3.05, 3.63) is 82.7 Å². The smallest absolute Gasteiger partial charge is 0.338 e. The summed E-state index contributed by atoms with van der Waals surface area (Å²) in [6, 6.07) is 19.8. The lowest BCUT2D eigenvalue weighted by Gasteiger charge is -2.05. The lowest BCUT2D eigenvalue weighted by molar-refractivity contribution is 0.475. The lowest BCUT2D eigenvalue weighted by Crippen LogP contribution is -1.95. The highest BCUT2D eigenvalue weighted by molar-refractivity contribution is 6.04. The van der Waals surface area contributed by atoms with Crippen molar-refractivity contribution < 1.29 is 9.52 Å².